The lowest BCUT2D eigenvalue weighted by Gasteiger charge is -2.12. The lowest BCUT2D eigenvalue weighted by molar-refractivity contribution is -0.386. The van der Waals surface area contributed by atoms with Crippen molar-refractivity contribution >= 4 is 34.9 Å². The fraction of sp³-hybridized carbons (Fsp3) is 0.176. The number of hydrogen-bond acceptors (Lipinski definition) is 6. The van der Waals surface area contributed by atoms with Gasteiger partial charge in [-0.25, -0.2) is 0 Å². The molecule has 0 aliphatic heterocycles. The van der Waals surface area contributed by atoms with Crippen LogP contribution >= 0.6 is 12.2 Å². The number of thiocarbonyl (C=S) groups is 1. The Balaban J connectivity index is 2.12. The van der Waals surface area contributed by atoms with Gasteiger partial charge in [0.15, 0.2) is 10.9 Å². The van der Waals surface area contributed by atoms with Gasteiger partial charge in [0.2, 0.25) is 5.75 Å². The van der Waals surface area contributed by atoms with Crippen molar-refractivity contribution in [3.8, 4) is 11.5 Å². The maximum Gasteiger partial charge on any atom is 0.315 e. The number of nitrogens with one attached hydrogen (secondary N) is 2. The molecule has 0 saturated heterocycles. The maximum absolute atomic E-state index is 11.0. The molecule has 2 rings (SSSR count). The number of ether oxygens (including phenoxy) is 1. The number of nitrogens with zero attached hydrogens (tertiary/aromatic N) is 2. The predicted octanol–water partition coefficient (Wildman–Crippen LogP) is 3.25. The van der Waals surface area contributed by atoms with Gasteiger partial charge in [0.25, 0.3) is 0 Å². The number of rotatable bonds is 5. The van der Waals surface area contributed by atoms with Gasteiger partial charge < -0.3 is 15.2 Å². The first-order chi connectivity index (χ1) is 12.3. The maximum atomic E-state index is 11.0. The Hall–Kier alpha value is -3.20. The summed E-state index contributed by atoms with van der Waals surface area (Å²) in [6.07, 6.45) is 1.34. The third-order valence-corrected chi connectivity index (χ3v) is 3.79. The molecule has 136 valence electrons. The zero-order chi connectivity index (χ0) is 19.3. The van der Waals surface area contributed by atoms with E-state index in [1.807, 2.05) is 32.0 Å². The van der Waals surface area contributed by atoms with E-state index < -0.39 is 16.4 Å². The normalized spacial score (nSPS) is 10.6. The highest BCUT2D eigenvalue weighted by Crippen LogP contribution is 2.36. The van der Waals surface area contributed by atoms with E-state index in [1.165, 1.54) is 25.5 Å². The topological polar surface area (TPSA) is 109 Å². The highest BCUT2D eigenvalue weighted by atomic mass is 32.1. The highest BCUT2D eigenvalue weighted by Gasteiger charge is 2.19. The van der Waals surface area contributed by atoms with E-state index in [2.05, 4.69) is 15.8 Å². The number of hydrogen-bond donors (Lipinski definition) is 3. The van der Waals surface area contributed by atoms with Gasteiger partial charge in [-0.15, -0.1) is 0 Å². The Labute approximate surface area is 155 Å². The second-order valence-corrected chi connectivity index (χ2v) is 5.85. The van der Waals surface area contributed by atoms with Gasteiger partial charge in [0, 0.05) is 17.3 Å². The van der Waals surface area contributed by atoms with Crippen LogP contribution in [0.5, 0.6) is 11.5 Å². The van der Waals surface area contributed by atoms with Crippen molar-refractivity contribution in [2.45, 2.75) is 13.8 Å². The second kappa shape index (κ2) is 8.26. The van der Waals surface area contributed by atoms with Crippen LogP contribution in [0.2, 0.25) is 0 Å². The third kappa shape index (κ3) is 4.45. The monoisotopic (exact) mass is 374 g/mol. The number of benzene rings is 2. The standard InChI is InChI=1S/C17H18N4O4S/c1-10-5-4-6-11(2)15(10)19-17(26)20-18-9-12-7-13(21(23)24)16(22)14(8-12)25-3/h4-9,22H,1-3H3,(H2,19,20,26)/b18-9-. The first-order valence-corrected chi connectivity index (χ1v) is 7.96. The summed E-state index contributed by atoms with van der Waals surface area (Å²) in [7, 11) is 1.31. The Morgan fingerprint density at radius 3 is 2.58 bits per heavy atom. The fourth-order valence-corrected chi connectivity index (χ4v) is 2.46. The molecular formula is C17H18N4O4S. The first-order valence-electron chi connectivity index (χ1n) is 7.55. The summed E-state index contributed by atoms with van der Waals surface area (Å²) in [6, 6.07) is 8.49. The minimum atomic E-state index is -0.699. The number of hydrazone groups is 1. The summed E-state index contributed by atoms with van der Waals surface area (Å²) >= 11 is 5.20. The molecule has 0 aliphatic carbocycles. The van der Waals surface area contributed by atoms with E-state index in [9.17, 15) is 15.2 Å². The number of aryl methyl sites for hydroxylation is 2. The molecule has 0 saturated carbocycles. The zero-order valence-corrected chi connectivity index (χ0v) is 15.3. The van der Waals surface area contributed by atoms with Crippen molar-refractivity contribution in [3.63, 3.8) is 0 Å². The van der Waals surface area contributed by atoms with Crippen LogP contribution in [0, 0.1) is 24.0 Å². The SMILES string of the molecule is COc1cc(/C=N\NC(=S)Nc2c(C)cccc2C)cc([N+](=O)[O-])c1O. The molecule has 26 heavy (non-hydrogen) atoms. The molecule has 0 atom stereocenters. The molecule has 0 radical (unpaired) electrons. The molecule has 0 aromatic heterocycles. The average molecular weight is 374 g/mol. The van der Waals surface area contributed by atoms with Gasteiger partial charge in [-0.05, 0) is 43.3 Å². The molecule has 0 heterocycles. The van der Waals surface area contributed by atoms with E-state index >= 15 is 0 Å². The van der Waals surface area contributed by atoms with Crippen molar-refractivity contribution in [3.05, 3.63) is 57.1 Å². The van der Waals surface area contributed by atoms with Gasteiger partial charge in [-0.3, -0.25) is 15.5 Å². The molecule has 0 amide bonds. The number of phenolic OH excluding ortho intramolecular Hbond substituents is 1. The lowest BCUT2D eigenvalue weighted by atomic mass is 10.1. The second-order valence-electron chi connectivity index (χ2n) is 5.44. The van der Waals surface area contributed by atoms with Gasteiger partial charge in [-0.2, -0.15) is 5.10 Å². The van der Waals surface area contributed by atoms with Crippen molar-refractivity contribution in [1.82, 2.24) is 5.43 Å². The van der Waals surface area contributed by atoms with Crippen molar-refractivity contribution in [1.29, 1.82) is 0 Å². The quantitative estimate of drug-likeness (QED) is 0.319. The molecule has 0 bridgehead atoms. The highest BCUT2D eigenvalue weighted by molar-refractivity contribution is 7.80. The molecule has 3 N–H and O–H groups in total. The average Bonchev–Trinajstić information content (AvgIpc) is 2.59. The number of anilines is 1. The number of phenols is 1. The number of nitro benzene ring substituents is 1. The molecule has 9 heteroatoms. The molecule has 2 aromatic rings. The largest absolute Gasteiger partial charge is 0.500 e. The summed E-state index contributed by atoms with van der Waals surface area (Å²) in [5.74, 6) is -0.549. The summed E-state index contributed by atoms with van der Waals surface area (Å²) in [4.78, 5) is 10.3. The van der Waals surface area contributed by atoms with E-state index in [4.69, 9.17) is 17.0 Å². The molecule has 0 unspecified atom stereocenters. The number of para-hydroxylation sites is 1. The molecule has 0 spiro atoms. The predicted molar refractivity (Wildman–Crippen MR) is 104 cm³/mol. The molecular weight excluding hydrogens is 356 g/mol. The van der Waals surface area contributed by atoms with Crippen LogP contribution in [-0.4, -0.2) is 28.5 Å². The number of nitro groups is 1. The number of aromatic hydroxyl groups is 1. The lowest BCUT2D eigenvalue weighted by Crippen LogP contribution is -2.24. The summed E-state index contributed by atoms with van der Waals surface area (Å²) in [6.45, 7) is 3.92. The summed E-state index contributed by atoms with van der Waals surface area (Å²) in [5.41, 5.74) is 5.52. The minimum Gasteiger partial charge on any atom is -0.500 e. The Bertz CT molecular complexity index is 863. The molecule has 2 aromatic carbocycles. The van der Waals surface area contributed by atoms with Gasteiger partial charge >= 0.3 is 5.69 Å². The molecule has 8 nitrogen and oxygen atoms in total. The van der Waals surface area contributed by atoms with Crippen molar-refractivity contribution < 1.29 is 14.8 Å². The van der Waals surface area contributed by atoms with Gasteiger partial charge in [-0.1, -0.05) is 18.2 Å². The zero-order valence-electron chi connectivity index (χ0n) is 14.4. The van der Waals surface area contributed by atoms with Gasteiger partial charge in [0.1, 0.15) is 0 Å². The van der Waals surface area contributed by atoms with Crippen LogP contribution in [0.3, 0.4) is 0 Å². The van der Waals surface area contributed by atoms with Gasteiger partial charge in [0.05, 0.1) is 18.2 Å². The van der Waals surface area contributed by atoms with Crippen LogP contribution < -0.4 is 15.5 Å². The van der Waals surface area contributed by atoms with Crippen LogP contribution in [0.15, 0.2) is 35.4 Å². The van der Waals surface area contributed by atoms with E-state index in [1.54, 1.807) is 0 Å². The molecule has 0 aliphatic rings. The summed E-state index contributed by atoms with van der Waals surface area (Å²) in [5, 5.41) is 28.0. The van der Waals surface area contributed by atoms with Crippen LogP contribution in [0.4, 0.5) is 11.4 Å². The minimum absolute atomic E-state index is 0.0168. The van der Waals surface area contributed by atoms with E-state index in [0.29, 0.717) is 5.56 Å². The Morgan fingerprint density at radius 2 is 2.00 bits per heavy atom. The Kier molecular flexibility index (Phi) is 6.07. The van der Waals surface area contributed by atoms with Crippen molar-refractivity contribution in [2.24, 2.45) is 5.10 Å². The van der Waals surface area contributed by atoms with Crippen LogP contribution in [0.1, 0.15) is 16.7 Å². The van der Waals surface area contributed by atoms with Crippen molar-refractivity contribution in [2.75, 3.05) is 12.4 Å². The fourth-order valence-electron chi connectivity index (χ4n) is 2.30. The van der Waals surface area contributed by atoms with E-state index in [-0.39, 0.29) is 10.9 Å². The van der Waals surface area contributed by atoms with E-state index in [0.717, 1.165) is 16.8 Å². The molecule has 0 fully saturated rings. The first kappa shape index (κ1) is 19.1. The van der Waals surface area contributed by atoms with Crippen LogP contribution in [0.25, 0.3) is 0 Å². The summed E-state index contributed by atoms with van der Waals surface area (Å²) < 4.78 is 4.93. The Morgan fingerprint density at radius 1 is 1.35 bits per heavy atom. The van der Waals surface area contributed by atoms with Crippen LogP contribution in [-0.2, 0) is 0 Å². The third-order valence-electron chi connectivity index (χ3n) is 3.59. The smallest absolute Gasteiger partial charge is 0.315 e. The number of methoxy groups -OCH3 is 1.